The minimum absolute atomic E-state index is 0.200. The minimum atomic E-state index is -0.200. The van der Waals surface area contributed by atoms with Crippen molar-refractivity contribution in [3.05, 3.63) is 27.7 Å². The van der Waals surface area contributed by atoms with Gasteiger partial charge >= 0.3 is 0 Å². The average molecular weight is 232 g/mol. The standard InChI is InChI=1S/C9H11BrFN/c1-5(2)9-6(3)8(11)7(10)4-12-9/h4-5H,1-3H3. The van der Waals surface area contributed by atoms with Gasteiger partial charge in [-0.15, -0.1) is 0 Å². The van der Waals surface area contributed by atoms with E-state index >= 15 is 0 Å². The molecule has 0 aliphatic heterocycles. The van der Waals surface area contributed by atoms with Crippen LogP contribution in [0.4, 0.5) is 4.39 Å². The first-order valence-electron chi connectivity index (χ1n) is 3.84. The average Bonchev–Trinajstić information content (AvgIpc) is 2.00. The molecule has 0 atom stereocenters. The maximum absolute atomic E-state index is 13.3. The summed E-state index contributed by atoms with van der Waals surface area (Å²) in [5.41, 5.74) is 1.47. The molecule has 0 unspecified atom stereocenters. The summed E-state index contributed by atoms with van der Waals surface area (Å²) in [6.07, 6.45) is 1.51. The van der Waals surface area contributed by atoms with E-state index < -0.39 is 0 Å². The van der Waals surface area contributed by atoms with Crippen LogP contribution in [0.15, 0.2) is 10.7 Å². The lowest BCUT2D eigenvalue weighted by atomic mass is 10.0. The summed E-state index contributed by atoms with van der Waals surface area (Å²) < 4.78 is 13.7. The van der Waals surface area contributed by atoms with Crippen LogP contribution >= 0.6 is 15.9 Å². The molecule has 12 heavy (non-hydrogen) atoms. The largest absolute Gasteiger partial charge is 0.259 e. The number of rotatable bonds is 1. The fourth-order valence-electron chi connectivity index (χ4n) is 1.15. The lowest BCUT2D eigenvalue weighted by Crippen LogP contribution is -1.99. The maximum atomic E-state index is 13.3. The second kappa shape index (κ2) is 3.52. The molecule has 0 N–H and O–H groups in total. The smallest absolute Gasteiger partial charge is 0.143 e. The highest BCUT2D eigenvalue weighted by Gasteiger charge is 2.11. The van der Waals surface area contributed by atoms with Gasteiger partial charge in [0.15, 0.2) is 0 Å². The van der Waals surface area contributed by atoms with Crippen LogP contribution < -0.4 is 0 Å². The van der Waals surface area contributed by atoms with Crippen molar-refractivity contribution in [1.82, 2.24) is 4.98 Å². The molecule has 0 aliphatic rings. The lowest BCUT2D eigenvalue weighted by Gasteiger charge is -2.09. The van der Waals surface area contributed by atoms with Crippen molar-refractivity contribution < 1.29 is 4.39 Å². The Kier molecular flexibility index (Phi) is 2.83. The minimum Gasteiger partial charge on any atom is -0.259 e. The fraction of sp³-hybridized carbons (Fsp3) is 0.444. The molecule has 0 fully saturated rings. The number of hydrogen-bond acceptors (Lipinski definition) is 1. The maximum Gasteiger partial charge on any atom is 0.143 e. The van der Waals surface area contributed by atoms with Crippen molar-refractivity contribution in [2.45, 2.75) is 26.7 Å². The van der Waals surface area contributed by atoms with E-state index in [-0.39, 0.29) is 11.7 Å². The molecule has 1 rings (SSSR count). The molecule has 0 saturated heterocycles. The van der Waals surface area contributed by atoms with Crippen LogP contribution in [0.1, 0.15) is 31.0 Å². The van der Waals surface area contributed by atoms with Crippen LogP contribution in [0, 0.1) is 12.7 Å². The summed E-state index contributed by atoms with van der Waals surface area (Å²) >= 11 is 3.09. The normalized spacial score (nSPS) is 10.8. The van der Waals surface area contributed by atoms with Gasteiger partial charge in [0.1, 0.15) is 5.82 Å². The number of halogens is 2. The second-order valence-corrected chi connectivity index (χ2v) is 3.94. The highest BCUT2D eigenvalue weighted by atomic mass is 79.9. The molecule has 0 aromatic carbocycles. The Balaban J connectivity index is 3.27. The molecule has 1 nitrogen and oxygen atoms in total. The Labute approximate surface area is 80.1 Å². The summed E-state index contributed by atoms with van der Waals surface area (Å²) in [7, 11) is 0. The quantitative estimate of drug-likeness (QED) is 0.722. The summed E-state index contributed by atoms with van der Waals surface area (Å²) in [5.74, 6) is 0.0706. The Morgan fingerprint density at radius 1 is 1.50 bits per heavy atom. The van der Waals surface area contributed by atoms with Crippen molar-refractivity contribution >= 4 is 15.9 Å². The second-order valence-electron chi connectivity index (χ2n) is 3.09. The van der Waals surface area contributed by atoms with Gasteiger partial charge in [-0.3, -0.25) is 4.98 Å². The number of aromatic nitrogens is 1. The predicted molar refractivity (Wildman–Crippen MR) is 50.7 cm³/mol. The van der Waals surface area contributed by atoms with Gasteiger partial charge in [0.25, 0.3) is 0 Å². The van der Waals surface area contributed by atoms with Crippen molar-refractivity contribution in [2.24, 2.45) is 0 Å². The van der Waals surface area contributed by atoms with Crippen molar-refractivity contribution in [1.29, 1.82) is 0 Å². The fourth-order valence-corrected chi connectivity index (χ4v) is 1.55. The zero-order valence-electron chi connectivity index (χ0n) is 7.36. The first-order valence-corrected chi connectivity index (χ1v) is 4.63. The van der Waals surface area contributed by atoms with Gasteiger partial charge in [-0.2, -0.15) is 0 Å². The van der Waals surface area contributed by atoms with Crippen LogP contribution in [0.25, 0.3) is 0 Å². The van der Waals surface area contributed by atoms with Gasteiger partial charge in [-0.05, 0) is 28.8 Å². The first kappa shape index (κ1) is 9.65. The Bertz CT molecular complexity index is 297. The molecule has 0 bridgehead atoms. The van der Waals surface area contributed by atoms with Crippen molar-refractivity contribution in [3.8, 4) is 0 Å². The molecule has 0 radical (unpaired) electrons. The summed E-state index contributed by atoms with van der Waals surface area (Å²) in [6.45, 7) is 5.76. The molecule has 0 spiro atoms. The Hall–Kier alpha value is -0.440. The van der Waals surface area contributed by atoms with E-state index in [9.17, 15) is 4.39 Å². The molecule has 1 aromatic heterocycles. The van der Waals surface area contributed by atoms with E-state index in [0.717, 1.165) is 5.69 Å². The van der Waals surface area contributed by atoms with Gasteiger partial charge < -0.3 is 0 Å². The molecular formula is C9H11BrFN. The van der Waals surface area contributed by atoms with Gasteiger partial charge in [-0.25, -0.2) is 4.39 Å². The van der Waals surface area contributed by atoms with Gasteiger partial charge in [-0.1, -0.05) is 13.8 Å². The van der Waals surface area contributed by atoms with E-state index in [1.54, 1.807) is 6.92 Å². The monoisotopic (exact) mass is 231 g/mol. The van der Waals surface area contributed by atoms with Crippen LogP contribution in [0.5, 0.6) is 0 Å². The van der Waals surface area contributed by atoms with E-state index in [4.69, 9.17) is 0 Å². The lowest BCUT2D eigenvalue weighted by molar-refractivity contribution is 0.599. The van der Waals surface area contributed by atoms with Gasteiger partial charge in [0.2, 0.25) is 0 Å². The van der Waals surface area contributed by atoms with Gasteiger partial charge in [0, 0.05) is 17.5 Å². The molecular weight excluding hydrogens is 221 g/mol. The zero-order chi connectivity index (χ0) is 9.30. The van der Waals surface area contributed by atoms with E-state index in [0.29, 0.717) is 10.0 Å². The van der Waals surface area contributed by atoms with E-state index in [1.165, 1.54) is 6.20 Å². The highest BCUT2D eigenvalue weighted by Crippen LogP contribution is 2.23. The molecule has 0 amide bonds. The molecule has 3 heteroatoms. The topological polar surface area (TPSA) is 12.9 Å². The predicted octanol–water partition coefficient (Wildman–Crippen LogP) is 3.42. The summed E-state index contributed by atoms with van der Waals surface area (Å²) in [4.78, 5) is 4.15. The number of pyridine rings is 1. The van der Waals surface area contributed by atoms with Crippen LogP contribution in [0.3, 0.4) is 0 Å². The van der Waals surface area contributed by atoms with Crippen LogP contribution in [-0.2, 0) is 0 Å². The first-order chi connectivity index (χ1) is 5.54. The van der Waals surface area contributed by atoms with Crippen LogP contribution in [-0.4, -0.2) is 4.98 Å². The Morgan fingerprint density at radius 3 is 2.58 bits per heavy atom. The van der Waals surface area contributed by atoms with Crippen molar-refractivity contribution in [2.75, 3.05) is 0 Å². The van der Waals surface area contributed by atoms with E-state index in [1.807, 2.05) is 13.8 Å². The van der Waals surface area contributed by atoms with E-state index in [2.05, 4.69) is 20.9 Å². The third kappa shape index (κ3) is 1.66. The third-order valence-corrected chi connectivity index (χ3v) is 2.34. The molecule has 1 aromatic rings. The van der Waals surface area contributed by atoms with Crippen LogP contribution in [0.2, 0.25) is 0 Å². The number of nitrogens with zero attached hydrogens (tertiary/aromatic N) is 1. The summed E-state index contributed by atoms with van der Waals surface area (Å²) in [6, 6.07) is 0. The highest BCUT2D eigenvalue weighted by molar-refractivity contribution is 9.10. The number of hydrogen-bond donors (Lipinski definition) is 0. The van der Waals surface area contributed by atoms with Gasteiger partial charge in [0.05, 0.1) is 4.47 Å². The van der Waals surface area contributed by atoms with Crippen molar-refractivity contribution in [3.63, 3.8) is 0 Å². The molecule has 0 saturated carbocycles. The Morgan fingerprint density at radius 2 is 2.08 bits per heavy atom. The SMILES string of the molecule is Cc1c(C(C)C)ncc(Br)c1F. The third-order valence-electron chi connectivity index (χ3n) is 1.79. The summed E-state index contributed by atoms with van der Waals surface area (Å²) in [5, 5.41) is 0. The molecule has 0 aliphatic carbocycles. The molecule has 1 heterocycles. The zero-order valence-corrected chi connectivity index (χ0v) is 8.94. The molecule has 66 valence electrons.